The molecule has 0 fully saturated rings. The molecule has 0 N–H and O–H groups in total. The summed E-state index contributed by atoms with van der Waals surface area (Å²) >= 11 is 2.84. The molecule has 32 heavy (non-hydrogen) atoms. The highest BCUT2D eigenvalue weighted by Gasteiger charge is 2.19. The van der Waals surface area contributed by atoms with E-state index in [2.05, 4.69) is 10.1 Å². The molecule has 4 aromatic rings. The summed E-state index contributed by atoms with van der Waals surface area (Å²) in [6, 6.07) is 21.6. The second-order valence-corrected chi connectivity index (χ2v) is 8.92. The van der Waals surface area contributed by atoms with E-state index in [-0.39, 0.29) is 18.1 Å². The number of hydrogen-bond acceptors (Lipinski definition) is 6. The molecule has 4 rings (SSSR count). The molecule has 8 heteroatoms. The molecular weight excluding hydrogens is 445 g/mol. The van der Waals surface area contributed by atoms with Gasteiger partial charge in [0.15, 0.2) is 0 Å². The van der Waals surface area contributed by atoms with Crippen molar-refractivity contribution < 1.29 is 13.9 Å². The van der Waals surface area contributed by atoms with E-state index >= 15 is 0 Å². The van der Waals surface area contributed by atoms with Crippen molar-refractivity contribution in [2.45, 2.75) is 11.3 Å². The van der Waals surface area contributed by atoms with Crippen LogP contribution < -0.4 is 9.75 Å². The minimum Gasteiger partial charge on any atom is -0.497 e. The zero-order chi connectivity index (χ0) is 22.3. The molecule has 0 radical (unpaired) electrons. The zero-order valence-corrected chi connectivity index (χ0v) is 18.9. The number of benzene rings is 3. The monoisotopic (exact) mass is 465 g/mol. The molecule has 1 aromatic heterocycles. The third-order valence-electron chi connectivity index (χ3n) is 4.52. The van der Waals surface area contributed by atoms with Crippen LogP contribution >= 0.6 is 23.1 Å². The summed E-state index contributed by atoms with van der Waals surface area (Å²) in [6.45, 7) is 0. The number of carbonyl (C=O) groups is 1. The first-order chi connectivity index (χ1) is 15.6. The Morgan fingerprint density at radius 1 is 1.16 bits per heavy atom. The van der Waals surface area contributed by atoms with Crippen molar-refractivity contribution in [2.75, 3.05) is 17.9 Å². The number of aromatic nitrogens is 1. The van der Waals surface area contributed by atoms with Gasteiger partial charge < -0.3 is 4.74 Å². The summed E-state index contributed by atoms with van der Waals surface area (Å²) in [4.78, 5) is 18.7. The lowest BCUT2D eigenvalue weighted by Gasteiger charge is -2.13. The first kappa shape index (κ1) is 22.0. The summed E-state index contributed by atoms with van der Waals surface area (Å²) < 4.78 is 19.5. The third-order valence-corrected chi connectivity index (χ3v) is 6.53. The molecule has 0 spiro atoms. The van der Waals surface area contributed by atoms with Crippen molar-refractivity contribution in [3.63, 3.8) is 0 Å². The molecule has 0 saturated carbocycles. The summed E-state index contributed by atoms with van der Waals surface area (Å²) in [5, 5.41) is 6.14. The molecule has 1 heterocycles. The number of rotatable bonds is 8. The Labute approximate surface area is 193 Å². The zero-order valence-electron chi connectivity index (χ0n) is 17.3. The Balaban J connectivity index is 1.55. The van der Waals surface area contributed by atoms with Gasteiger partial charge in [-0.25, -0.2) is 9.37 Å². The Morgan fingerprint density at radius 3 is 2.69 bits per heavy atom. The van der Waals surface area contributed by atoms with E-state index in [1.54, 1.807) is 31.2 Å². The molecule has 0 atom stereocenters. The van der Waals surface area contributed by atoms with Crippen molar-refractivity contribution in [1.29, 1.82) is 0 Å². The number of halogens is 1. The SMILES string of the molecule is COc1ccc(/C=N/N(C(=O)CCSc2ccccc2)c2nc3ccc(F)cc3s2)cc1. The molecule has 0 aliphatic heterocycles. The minimum absolute atomic E-state index is 0.183. The van der Waals surface area contributed by atoms with Gasteiger partial charge in [0.05, 0.1) is 23.5 Å². The molecule has 3 aromatic carbocycles. The predicted molar refractivity (Wildman–Crippen MR) is 129 cm³/mol. The number of fused-ring (bicyclic) bond motifs is 1. The van der Waals surface area contributed by atoms with E-state index in [0.29, 0.717) is 21.1 Å². The fourth-order valence-electron chi connectivity index (χ4n) is 2.89. The number of thiazole rings is 1. The van der Waals surface area contributed by atoms with Crippen LogP contribution in [0.25, 0.3) is 10.2 Å². The van der Waals surface area contributed by atoms with Gasteiger partial charge in [-0.1, -0.05) is 29.5 Å². The van der Waals surface area contributed by atoms with Crippen LogP contribution in [0.5, 0.6) is 5.75 Å². The van der Waals surface area contributed by atoms with Gasteiger partial charge >= 0.3 is 0 Å². The fraction of sp³-hybridized carbons (Fsp3) is 0.125. The average molecular weight is 466 g/mol. The Hall–Kier alpha value is -3.23. The lowest BCUT2D eigenvalue weighted by molar-refractivity contribution is -0.118. The van der Waals surface area contributed by atoms with Crippen LogP contribution in [0.4, 0.5) is 9.52 Å². The van der Waals surface area contributed by atoms with Gasteiger partial charge in [0.2, 0.25) is 11.0 Å². The second kappa shape index (κ2) is 10.4. The van der Waals surface area contributed by atoms with E-state index in [9.17, 15) is 9.18 Å². The van der Waals surface area contributed by atoms with Gasteiger partial charge in [0.25, 0.3) is 0 Å². The largest absolute Gasteiger partial charge is 0.497 e. The number of anilines is 1. The van der Waals surface area contributed by atoms with E-state index in [1.165, 1.54) is 28.5 Å². The van der Waals surface area contributed by atoms with E-state index in [0.717, 1.165) is 16.2 Å². The molecule has 0 saturated heterocycles. The Bertz CT molecular complexity index is 1230. The van der Waals surface area contributed by atoms with Gasteiger partial charge in [-0.2, -0.15) is 10.1 Å². The maximum Gasteiger partial charge on any atom is 0.250 e. The highest BCUT2D eigenvalue weighted by atomic mass is 32.2. The van der Waals surface area contributed by atoms with E-state index < -0.39 is 0 Å². The highest BCUT2D eigenvalue weighted by molar-refractivity contribution is 7.99. The third kappa shape index (κ3) is 5.52. The molecule has 0 bridgehead atoms. The van der Waals surface area contributed by atoms with E-state index in [1.807, 2.05) is 54.6 Å². The Morgan fingerprint density at radius 2 is 1.94 bits per heavy atom. The number of amides is 1. The second-order valence-electron chi connectivity index (χ2n) is 6.74. The lowest BCUT2D eigenvalue weighted by atomic mass is 10.2. The maximum atomic E-state index is 13.6. The average Bonchev–Trinajstić information content (AvgIpc) is 3.23. The number of methoxy groups -OCH3 is 1. The van der Waals surface area contributed by atoms with Crippen LogP contribution in [0.3, 0.4) is 0 Å². The molecule has 0 unspecified atom stereocenters. The van der Waals surface area contributed by atoms with Crippen LogP contribution in [-0.2, 0) is 4.79 Å². The number of hydrogen-bond donors (Lipinski definition) is 0. The molecular formula is C24H20FN3O2S2. The summed E-state index contributed by atoms with van der Waals surface area (Å²) in [6.07, 6.45) is 1.89. The van der Waals surface area contributed by atoms with Crippen molar-refractivity contribution >= 4 is 50.6 Å². The number of carbonyl (C=O) groups excluding carboxylic acids is 1. The number of hydrazone groups is 1. The summed E-state index contributed by atoms with van der Waals surface area (Å²) in [5.74, 6) is 0.821. The van der Waals surface area contributed by atoms with Crippen LogP contribution in [0.2, 0.25) is 0 Å². The predicted octanol–water partition coefficient (Wildman–Crippen LogP) is 5.99. The van der Waals surface area contributed by atoms with Crippen molar-refractivity contribution in [1.82, 2.24) is 4.98 Å². The smallest absolute Gasteiger partial charge is 0.250 e. The number of nitrogens with zero attached hydrogens (tertiary/aromatic N) is 3. The van der Waals surface area contributed by atoms with Gasteiger partial charge in [-0.3, -0.25) is 4.79 Å². The molecule has 162 valence electrons. The first-order valence-electron chi connectivity index (χ1n) is 9.87. The van der Waals surface area contributed by atoms with Gasteiger partial charge in [0.1, 0.15) is 11.6 Å². The van der Waals surface area contributed by atoms with Crippen molar-refractivity contribution in [3.05, 3.63) is 84.2 Å². The summed E-state index contributed by atoms with van der Waals surface area (Å²) in [5.41, 5.74) is 1.44. The quantitative estimate of drug-likeness (QED) is 0.182. The topological polar surface area (TPSA) is 54.8 Å². The normalized spacial score (nSPS) is 11.2. The first-order valence-corrected chi connectivity index (χ1v) is 11.7. The standard InChI is InChI=1S/C24H20FN3O2S2/c1-30-19-10-7-17(8-11-19)16-26-28(23(29)13-14-31-20-5-3-2-4-6-20)24-27-21-12-9-18(25)15-22(21)32-24/h2-12,15-16H,13-14H2,1H3/b26-16+. The number of ether oxygens (including phenoxy) is 1. The number of thioether (sulfide) groups is 1. The van der Waals surface area contributed by atoms with Crippen molar-refractivity contribution in [2.24, 2.45) is 5.10 Å². The lowest BCUT2D eigenvalue weighted by Crippen LogP contribution is -2.25. The van der Waals surface area contributed by atoms with E-state index in [4.69, 9.17) is 4.74 Å². The van der Waals surface area contributed by atoms with Crippen LogP contribution in [0.1, 0.15) is 12.0 Å². The highest BCUT2D eigenvalue weighted by Crippen LogP contribution is 2.30. The molecule has 1 amide bonds. The summed E-state index contributed by atoms with van der Waals surface area (Å²) in [7, 11) is 1.60. The maximum absolute atomic E-state index is 13.6. The van der Waals surface area contributed by atoms with Gasteiger partial charge in [0, 0.05) is 17.1 Å². The van der Waals surface area contributed by atoms with Gasteiger partial charge in [-0.15, -0.1) is 11.8 Å². The fourth-order valence-corrected chi connectivity index (χ4v) is 4.72. The minimum atomic E-state index is -0.341. The molecule has 5 nitrogen and oxygen atoms in total. The van der Waals surface area contributed by atoms with Crippen LogP contribution in [0, 0.1) is 5.82 Å². The molecule has 0 aliphatic rings. The van der Waals surface area contributed by atoms with Crippen LogP contribution in [0.15, 0.2) is 82.8 Å². The molecule has 0 aliphatic carbocycles. The van der Waals surface area contributed by atoms with Crippen LogP contribution in [-0.4, -0.2) is 30.0 Å². The van der Waals surface area contributed by atoms with Gasteiger partial charge in [-0.05, 0) is 60.2 Å². The Kier molecular flexibility index (Phi) is 7.14. The van der Waals surface area contributed by atoms with Crippen molar-refractivity contribution in [3.8, 4) is 5.75 Å².